The highest BCUT2D eigenvalue weighted by atomic mass is 32.2. The van der Waals surface area contributed by atoms with E-state index in [1.54, 1.807) is 0 Å². The molecule has 0 aromatic heterocycles. The first-order valence-electron chi connectivity index (χ1n) is 8.83. The fraction of sp³-hybridized carbons (Fsp3) is 0.350. The van der Waals surface area contributed by atoms with Crippen molar-refractivity contribution in [2.24, 2.45) is 0 Å². The second kappa shape index (κ2) is 9.05. The van der Waals surface area contributed by atoms with Crippen LogP contribution in [-0.2, 0) is 14.8 Å². The Bertz CT molecular complexity index is 930. The zero-order valence-electron chi connectivity index (χ0n) is 16.4. The maximum absolute atomic E-state index is 13.1. The highest BCUT2D eigenvalue weighted by Crippen LogP contribution is 2.22. The Morgan fingerprint density at radius 2 is 1.82 bits per heavy atom. The molecule has 0 spiro atoms. The third-order valence-corrected chi connectivity index (χ3v) is 5.63. The molecule has 0 aliphatic carbocycles. The van der Waals surface area contributed by atoms with Crippen molar-refractivity contribution in [2.45, 2.75) is 26.8 Å². The number of carbonyl (C=O) groups is 1. The first-order valence-corrected chi connectivity index (χ1v) is 10.7. The number of aryl methyl sites for hydroxylation is 1. The molecule has 2 rings (SSSR count). The summed E-state index contributed by atoms with van der Waals surface area (Å²) in [5.74, 6) is -0.219. The highest BCUT2D eigenvalue weighted by molar-refractivity contribution is 7.92. The topological polar surface area (TPSA) is 75.7 Å². The molecule has 6 nitrogen and oxygen atoms in total. The number of amides is 1. The smallest absolute Gasteiger partial charge is 0.243 e. The number of ether oxygens (including phenoxy) is 1. The molecule has 2 aromatic rings. The Hall–Kier alpha value is -2.61. The van der Waals surface area contributed by atoms with Crippen LogP contribution in [0.5, 0.6) is 5.75 Å². The van der Waals surface area contributed by atoms with Gasteiger partial charge < -0.3 is 10.1 Å². The van der Waals surface area contributed by atoms with Gasteiger partial charge in [0, 0.05) is 0 Å². The quantitative estimate of drug-likeness (QED) is 0.682. The lowest BCUT2D eigenvalue weighted by Crippen LogP contribution is -2.48. The summed E-state index contributed by atoms with van der Waals surface area (Å²) in [6.07, 6.45) is 1.00. The second-order valence-electron chi connectivity index (χ2n) is 6.55. The number of hydrogen-bond acceptors (Lipinski definition) is 4. The van der Waals surface area contributed by atoms with Crippen molar-refractivity contribution in [2.75, 3.05) is 23.7 Å². The Balaban J connectivity index is 1.99. The minimum Gasteiger partial charge on any atom is -0.491 e. The minimum absolute atomic E-state index is 0.220. The largest absolute Gasteiger partial charge is 0.491 e. The summed E-state index contributed by atoms with van der Waals surface area (Å²) in [5.41, 5.74) is 2.36. The average Bonchev–Trinajstić information content (AvgIpc) is 2.62. The molecule has 2 aromatic carbocycles. The maximum atomic E-state index is 13.1. The summed E-state index contributed by atoms with van der Waals surface area (Å²) in [6.45, 7) is 5.89. The number of nitrogens with one attached hydrogen (secondary N) is 1. The molecular weight excluding hydrogens is 383 g/mol. The highest BCUT2D eigenvalue weighted by Gasteiger charge is 2.28. The van der Waals surface area contributed by atoms with E-state index in [0.717, 1.165) is 39.6 Å². The Morgan fingerprint density at radius 1 is 1.18 bits per heavy atom. The van der Waals surface area contributed by atoms with E-state index in [1.807, 2.05) is 32.0 Å². The lowest BCUT2D eigenvalue weighted by Gasteiger charge is -2.28. The van der Waals surface area contributed by atoms with Crippen LogP contribution in [0.1, 0.15) is 18.1 Å². The van der Waals surface area contributed by atoms with Gasteiger partial charge in [-0.25, -0.2) is 12.8 Å². The van der Waals surface area contributed by atoms with Crippen LogP contribution in [0.15, 0.2) is 42.5 Å². The van der Waals surface area contributed by atoms with Crippen LogP contribution in [0, 0.1) is 19.7 Å². The molecular formula is C20H25FN2O4S. The zero-order chi connectivity index (χ0) is 20.9. The molecule has 1 N–H and O–H groups in total. The van der Waals surface area contributed by atoms with Crippen LogP contribution in [0.2, 0.25) is 0 Å². The van der Waals surface area contributed by atoms with Crippen LogP contribution in [0.3, 0.4) is 0 Å². The van der Waals surface area contributed by atoms with E-state index in [-0.39, 0.29) is 18.8 Å². The number of halogens is 1. The zero-order valence-corrected chi connectivity index (χ0v) is 17.2. The number of hydrogen-bond donors (Lipinski definition) is 1. The molecule has 0 fully saturated rings. The fourth-order valence-electron chi connectivity index (χ4n) is 2.76. The van der Waals surface area contributed by atoms with Gasteiger partial charge in [-0.1, -0.05) is 12.1 Å². The maximum Gasteiger partial charge on any atom is 0.243 e. The molecule has 1 unspecified atom stereocenters. The van der Waals surface area contributed by atoms with E-state index in [0.29, 0.717) is 0 Å². The summed E-state index contributed by atoms with van der Waals surface area (Å²) in [6, 6.07) is 9.68. The fourth-order valence-corrected chi connectivity index (χ4v) is 3.94. The van der Waals surface area contributed by atoms with Crippen molar-refractivity contribution >= 4 is 21.6 Å². The monoisotopic (exact) mass is 408 g/mol. The lowest BCUT2D eigenvalue weighted by atomic mass is 10.1. The van der Waals surface area contributed by atoms with Crippen LogP contribution in [0.4, 0.5) is 10.1 Å². The standard InChI is InChI=1S/C20H25FN2O4S/c1-14-6-5-7-19(15(14)2)27-13-12-22-20(24)16(3)23(28(4,25)26)18-10-8-17(21)9-11-18/h5-11,16H,12-13H2,1-4H3,(H,22,24). The van der Waals surface area contributed by atoms with Gasteiger partial charge in [0.15, 0.2) is 0 Å². The SMILES string of the molecule is Cc1cccc(OCCNC(=O)C(C)N(c2ccc(F)cc2)S(C)(=O)=O)c1C. The predicted molar refractivity (Wildman–Crippen MR) is 108 cm³/mol. The van der Waals surface area contributed by atoms with Crippen molar-refractivity contribution in [1.82, 2.24) is 5.32 Å². The van der Waals surface area contributed by atoms with Crippen LogP contribution < -0.4 is 14.4 Å². The van der Waals surface area contributed by atoms with E-state index in [2.05, 4.69) is 5.32 Å². The van der Waals surface area contributed by atoms with Gasteiger partial charge in [-0.2, -0.15) is 0 Å². The van der Waals surface area contributed by atoms with Crippen LogP contribution >= 0.6 is 0 Å². The van der Waals surface area contributed by atoms with Crippen molar-refractivity contribution in [1.29, 1.82) is 0 Å². The number of anilines is 1. The van der Waals surface area contributed by atoms with Crippen LogP contribution in [-0.4, -0.2) is 39.8 Å². The first-order chi connectivity index (χ1) is 13.1. The average molecular weight is 408 g/mol. The molecule has 28 heavy (non-hydrogen) atoms. The number of rotatable bonds is 8. The van der Waals surface area contributed by atoms with Gasteiger partial charge in [-0.05, 0) is 62.2 Å². The number of nitrogens with zero attached hydrogens (tertiary/aromatic N) is 1. The minimum atomic E-state index is -3.74. The van der Waals surface area contributed by atoms with Crippen molar-refractivity contribution in [3.05, 3.63) is 59.4 Å². The Labute approximate surface area is 165 Å². The summed E-state index contributed by atoms with van der Waals surface area (Å²) in [7, 11) is -3.74. The van der Waals surface area contributed by atoms with Gasteiger partial charge in [0.2, 0.25) is 15.9 Å². The van der Waals surface area contributed by atoms with E-state index in [4.69, 9.17) is 4.74 Å². The number of benzene rings is 2. The van der Waals surface area contributed by atoms with Crippen molar-refractivity contribution < 1.29 is 22.3 Å². The molecule has 0 saturated carbocycles. The second-order valence-corrected chi connectivity index (χ2v) is 8.41. The Kier molecular flexibility index (Phi) is 7.01. The molecule has 0 aliphatic rings. The first kappa shape index (κ1) is 21.7. The normalized spacial score (nSPS) is 12.3. The third-order valence-electron chi connectivity index (χ3n) is 4.38. The number of sulfonamides is 1. The van der Waals surface area contributed by atoms with Crippen molar-refractivity contribution in [3.63, 3.8) is 0 Å². The molecule has 0 bridgehead atoms. The van der Waals surface area contributed by atoms with E-state index in [1.165, 1.54) is 19.1 Å². The van der Waals surface area contributed by atoms with Gasteiger partial charge in [-0.3, -0.25) is 9.10 Å². The molecule has 0 radical (unpaired) electrons. The van der Waals surface area contributed by atoms with Gasteiger partial charge in [0.25, 0.3) is 0 Å². The van der Waals surface area contributed by atoms with Gasteiger partial charge in [-0.15, -0.1) is 0 Å². The summed E-state index contributed by atoms with van der Waals surface area (Å²) < 4.78 is 44.1. The van der Waals surface area contributed by atoms with E-state index >= 15 is 0 Å². The molecule has 0 saturated heterocycles. The van der Waals surface area contributed by atoms with Crippen LogP contribution in [0.25, 0.3) is 0 Å². The summed E-state index contributed by atoms with van der Waals surface area (Å²) in [5, 5.41) is 2.68. The molecule has 8 heteroatoms. The Morgan fingerprint density at radius 3 is 2.43 bits per heavy atom. The molecule has 1 amide bonds. The van der Waals surface area contributed by atoms with E-state index < -0.39 is 27.8 Å². The predicted octanol–water partition coefficient (Wildman–Crippen LogP) is 2.79. The summed E-state index contributed by atoms with van der Waals surface area (Å²) >= 11 is 0. The van der Waals surface area contributed by atoms with Gasteiger partial charge in [0.1, 0.15) is 24.2 Å². The molecule has 1 atom stereocenters. The van der Waals surface area contributed by atoms with E-state index in [9.17, 15) is 17.6 Å². The molecule has 0 aliphatic heterocycles. The van der Waals surface area contributed by atoms with Gasteiger partial charge in [0.05, 0.1) is 18.5 Å². The summed E-state index contributed by atoms with van der Waals surface area (Å²) in [4.78, 5) is 12.5. The van der Waals surface area contributed by atoms with Gasteiger partial charge >= 0.3 is 0 Å². The molecule has 152 valence electrons. The third kappa shape index (κ3) is 5.45. The molecule has 0 heterocycles. The van der Waals surface area contributed by atoms with Crippen molar-refractivity contribution in [3.8, 4) is 5.75 Å². The number of carbonyl (C=O) groups excluding carboxylic acids is 1. The lowest BCUT2D eigenvalue weighted by molar-refractivity contribution is -0.121.